The number of rotatable bonds is 3. The number of aryl methyl sites for hydroxylation is 1. The molecule has 66 valence electrons. The molecule has 0 unspecified atom stereocenters. The standard InChI is InChI=1S/C8H12N2O2/c1-6-3-8(9)10-4-7(6)12-5-11-2/h3-4H,5H2,1-2H3,(H2,9,10). The lowest BCUT2D eigenvalue weighted by molar-refractivity contribution is 0.0504. The molecule has 1 heterocycles. The van der Waals surface area contributed by atoms with Crippen molar-refractivity contribution in [3.8, 4) is 5.75 Å². The Hall–Kier alpha value is -1.29. The molecule has 1 aromatic rings. The van der Waals surface area contributed by atoms with Gasteiger partial charge < -0.3 is 15.2 Å². The largest absolute Gasteiger partial charge is 0.466 e. The first-order valence-electron chi connectivity index (χ1n) is 3.58. The number of methoxy groups -OCH3 is 1. The zero-order chi connectivity index (χ0) is 8.97. The van der Waals surface area contributed by atoms with Gasteiger partial charge in [-0.2, -0.15) is 0 Å². The number of nitrogens with zero attached hydrogens (tertiary/aromatic N) is 1. The summed E-state index contributed by atoms with van der Waals surface area (Å²) in [5, 5.41) is 0. The van der Waals surface area contributed by atoms with E-state index < -0.39 is 0 Å². The van der Waals surface area contributed by atoms with Gasteiger partial charge in [0, 0.05) is 7.11 Å². The second-order valence-corrected chi connectivity index (χ2v) is 2.43. The molecule has 1 aromatic heterocycles. The van der Waals surface area contributed by atoms with Crippen molar-refractivity contribution in [1.29, 1.82) is 0 Å². The van der Waals surface area contributed by atoms with Crippen molar-refractivity contribution >= 4 is 5.82 Å². The highest BCUT2D eigenvalue weighted by Crippen LogP contribution is 2.17. The Kier molecular flexibility index (Phi) is 2.88. The fraction of sp³-hybridized carbons (Fsp3) is 0.375. The fourth-order valence-corrected chi connectivity index (χ4v) is 0.839. The van der Waals surface area contributed by atoms with Crippen molar-refractivity contribution in [2.45, 2.75) is 6.92 Å². The number of hydrogen-bond acceptors (Lipinski definition) is 4. The molecule has 0 aliphatic carbocycles. The van der Waals surface area contributed by atoms with Gasteiger partial charge in [-0.3, -0.25) is 0 Å². The Balaban J connectivity index is 2.72. The summed E-state index contributed by atoms with van der Waals surface area (Å²) >= 11 is 0. The Labute approximate surface area is 71.3 Å². The van der Waals surface area contributed by atoms with Gasteiger partial charge in [0.05, 0.1) is 6.20 Å². The van der Waals surface area contributed by atoms with Gasteiger partial charge >= 0.3 is 0 Å². The fourth-order valence-electron chi connectivity index (χ4n) is 0.839. The van der Waals surface area contributed by atoms with Gasteiger partial charge in [0.1, 0.15) is 11.6 Å². The predicted octanol–water partition coefficient (Wildman–Crippen LogP) is 0.955. The number of ether oxygens (including phenoxy) is 2. The molecule has 0 atom stereocenters. The molecule has 0 aliphatic rings. The van der Waals surface area contributed by atoms with Crippen molar-refractivity contribution in [1.82, 2.24) is 4.98 Å². The van der Waals surface area contributed by atoms with E-state index in [4.69, 9.17) is 15.2 Å². The van der Waals surface area contributed by atoms with Gasteiger partial charge in [-0.05, 0) is 18.6 Å². The molecule has 2 N–H and O–H groups in total. The van der Waals surface area contributed by atoms with Gasteiger partial charge in [-0.1, -0.05) is 0 Å². The van der Waals surface area contributed by atoms with E-state index in [0.717, 1.165) is 5.56 Å². The van der Waals surface area contributed by atoms with Gasteiger partial charge in [0.25, 0.3) is 0 Å². The van der Waals surface area contributed by atoms with Crippen LogP contribution in [0.15, 0.2) is 12.3 Å². The average molecular weight is 168 g/mol. The van der Waals surface area contributed by atoms with Gasteiger partial charge in [-0.25, -0.2) is 4.98 Å². The lowest BCUT2D eigenvalue weighted by Crippen LogP contribution is -2.01. The number of anilines is 1. The molecule has 0 aliphatic heterocycles. The lowest BCUT2D eigenvalue weighted by atomic mass is 10.3. The summed E-state index contributed by atoms with van der Waals surface area (Å²) in [6.45, 7) is 2.13. The maximum absolute atomic E-state index is 5.46. The van der Waals surface area contributed by atoms with Crippen molar-refractivity contribution in [2.24, 2.45) is 0 Å². The van der Waals surface area contributed by atoms with Crippen LogP contribution in [0.2, 0.25) is 0 Å². The first-order chi connectivity index (χ1) is 5.74. The molecule has 0 radical (unpaired) electrons. The zero-order valence-electron chi connectivity index (χ0n) is 7.20. The summed E-state index contributed by atoms with van der Waals surface area (Å²) in [5.41, 5.74) is 6.42. The van der Waals surface area contributed by atoms with E-state index in [1.807, 2.05) is 6.92 Å². The summed E-state index contributed by atoms with van der Waals surface area (Å²) in [4.78, 5) is 3.89. The molecule has 4 nitrogen and oxygen atoms in total. The van der Waals surface area contributed by atoms with Crippen LogP contribution in [0.25, 0.3) is 0 Å². The monoisotopic (exact) mass is 168 g/mol. The van der Waals surface area contributed by atoms with Crippen LogP contribution in [0.4, 0.5) is 5.82 Å². The molecule has 0 bridgehead atoms. The zero-order valence-corrected chi connectivity index (χ0v) is 7.20. The highest BCUT2D eigenvalue weighted by atomic mass is 16.7. The number of hydrogen-bond donors (Lipinski definition) is 1. The number of nitrogens with two attached hydrogens (primary N) is 1. The van der Waals surface area contributed by atoms with Crippen LogP contribution in [0.5, 0.6) is 5.75 Å². The maximum atomic E-state index is 5.46. The minimum Gasteiger partial charge on any atom is -0.466 e. The van der Waals surface area contributed by atoms with Crippen molar-refractivity contribution in [3.63, 3.8) is 0 Å². The molecule has 0 amide bonds. The Bertz CT molecular complexity index is 263. The van der Waals surface area contributed by atoms with E-state index in [-0.39, 0.29) is 6.79 Å². The lowest BCUT2D eigenvalue weighted by Gasteiger charge is -2.06. The third-order valence-corrected chi connectivity index (χ3v) is 1.42. The first kappa shape index (κ1) is 8.80. The summed E-state index contributed by atoms with van der Waals surface area (Å²) < 4.78 is 9.95. The molecule has 4 heteroatoms. The van der Waals surface area contributed by atoms with Crippen LogP contribution in [0.3, 0.4) is 0 Å². The van der Waals surface area contributed by atoms with Crippen LogP contribution in [0.1, 0.15) is 5.56 Å². The SMILES string of the molecule is COCOc1cnc(N)cc1C. The Morgan fingerprint density at radius 3 is 2.92 bits per heavy atom. The summed E-state index contributed by atoms with van der Waals surface area (Å²) in [7, 11) is 1.57. The van der Waals surface area contributed by atoms with E-state index in [1.54, 1.807) is 19.4 Å². The minimum absolute atomic E-state index is 0.229. The predicted molar refractivity (Wildman–Crippen MR) is 45.9 cm³/mol. The third-order valence-electron chi connectivity index (χ3n) is 1.42. The average Bonchev–Trinajstić information content (AvgIpc) is 2.03. The molecule has 0 aromatic carbocycles. The van der Waals surface area contributed by atoms with E-state index in [0.29, 0.717) is 11.6 Å². The topological polar surface area (TPSA) is 57.4 Å². The second-order valence-electron chi connectivity index (χ2n) is 2.43. The van der Waals surface area contributed by atoms with E-state index >= 15 is 0 Å². The number of pyridine rings is 1. The summed E-state index contributed by atoms with van der Waals surface area (Å²) in [6, 6.07) is 1.75. The molecular formula is C8H12N2O2. The highest BCUT2D eigenvalue weighted by molar-refractivity contribution is 5.39. The molecular weight excluding hydrogens is 156 g/mol. The van der Waals surface area contributed by atoms with Gasteiger partial charge in [0.15, 0.2) is 6.79 Å². The Morgan fingerprint density at radius 2 is 2.33 bits per heavy atom. The summed E-state index contributed by atoms with van der Waals surface area (Å²) in [5.74, 6) is 1.20. The van der Waals surface area contributed by atoms with Crippen LogP contribution in [-0.2, 0) is 4.74 Å². The van der Waals surface area contributed by atoms with E-state index in [2.05, 4.69) is 4.98 Å². The van der Waals surface area contributed by atoms with Crippen molar-refractivity contribution < 1.29 is 9.47 Å². The van der Waals surface area contributed by atoms with Crippen LogP contribution < -0.4 is 10.5 Å². The molecule has 0 spiro atoms. The normalized spacial score (nSPS) is 9.83. The highest BCUT2D eigenvalue weighted by Gasteiger charge is 1.99. The number of nitrogen functional groups attached to an aromatic ring is 1. The van der Waals surface area contributed by atoms with E-state index in [9.17, 15) is 0 Å². The third kappa shape index (κ3) is 2.10. The molecule has 0 fully saturated rings. The van der Waals surface area contributed by atoms with Crippen molar-refractivity contribution in [2.75, 3.05) is 19.6 Å². The Morgan fingerprint density at radius 1 is 1.58 bits per heavy atom. The molecule has 0 saturated carbocycles. The molecule has 0 saturated heterocycles. The second kappa shape index (κ2) is 3.92. The summed E-state index contributed by atoms with van der Waals surface area (Å²) in [6.07, 6.45) is 1.59. The van der Waals surface area contributed by atoms with Gasteiger partial charge in [-0.15, -0.1) is 0 Å². The van der Waals surface area contributed by atoms with Gasteiger partial charge in [0.2, 0.25) is 0 Å². The maximum Gasteiger partial charge on any atom is 0.188 e. The first-order valence-corrected chi connectivity index (χ1v) is 3.58. The smallest absolute Gasteiger partial charge is 0.188 e. The van der Waals surface area contributed by atoms with E-state index in [1.165, 1.54) is 0 Å². The minimum atomic E-state index is 0.229. The van der Waals surface area contributed by atoms with Crippen LogP contribution >= 0.6 is 0 Å². The molecule has 1 rings (SSSR count). The number of aromatic nitrogens is 1. The van der Waals surface area contributed by atoms with Crippen molar-refractivity contribution in [3.05, 3.63) is 17.8 Å². The quantitative estimate of drug-likeness (QED) is 0.683. The molecule has 12 heavy (non-hydrogen) atoms. The van der Waals surface area contributed by atoms with Crippen LogP contribution in [-0.4, -0.2) is 18.9 Å². The van der Waals surface area contributed by atoms with Crippen LogP contribution in [0, 0.1) is 6.92 Å².